The van der Waals surface area contributed by atoms with Crippen LogP contribution in [0.25, 0.3) is 27.7 Å². The number of carbonyl (C=O) groups excluding carboxylic acids is 1. The number of nitrogens with zero attached hydrogens (tertiary/aromatic N) is 2. The third kappa shape index (κ3) is 4.49. The van der Waals surface area contributed by atoms with Crippen molar-refractivity contribution >= 4 is 34.3 Å². The lowest BCUT2D eigenvalue weighted by atomic mass is 10.0. The largest absolute Gasteiger partial charge is 0.325 e. The minimum absolute atomic E-state index is 0.112. The lowest BCUT2D eigenvalue weighted by molar-refractivity contribution is -0.113. The number of aromatic nitrogens is 2. The molecule has 34 heavy (non-hydrogen) atoms. The van der Waals surface area contributed by atoms with E-state index in [9.17, 15) is 9.59 Å². The van der Waals surface area contributed by atoms with E-state index in [1.54, 1.807) is 10.6 Å². The molecule has 5 rings (SSSR count). The zero-order valence-electron chi connectivity index (χ0n) is 18.2. The second-order valence-electron chi connectivity index (χ2n) is 7.64. The van der Waals surface area contributed by atoms with Gasteiger partial charge in [0, 0.05) is 11.3 Å². The van der Waals surface area contributed by atoms with Crippen LogP contribution in [0.15, 0.2) is 119 Å². The standard InChI is InChI=1S/C28H21N3O2S/c32-26(29-24-17-9-7-15-22(24)20-11-3-1-4-12-20)19-34-28-30-25-18-10-8-16-23(25)27(33)31(28)21-13-5-2-6-14-21/h1-18H,19H2,(H,29,32). The molecule has 0 aliphatic rings. The second-order valence-corrected chi connectivity index (χ2v) is 8.58. The van der Waals surface area contributed by atoms with E-state index in [0.717, 1.165) is 16.8 Å². The molecule has 0 spiro atoms. The summed E-state index contributed by atoms with van der Waals surface area (Å²) in [4.78, 5) is 30.9. The molecule has 0 radical (unpaired) electrons. The predicted octanol–water partition coefficient (Wildman–Crippen LogP) is 5.78. The fourth-order valence-corrected chi connectivity index (χ4v) is 4.60. The van der Waals surface area contributed by atoms with Gasteiger partial charge in [0.1, 0.15) is 0 Å². The van der Waals surface area contributed by atoms with Crippen molar-refractivity contribution in [2.75, 3.05) is 11.1 Å². The number of rotatable bonds is 6. The van der Waals surface area contributed by atoms with Gasteiger partial charge in [0.2, 0.25) is 5.91 Å². The average molecular weight is 464 g/mol. The number of amides is 1. The number of benzene rings is 4. The van der Waals surface area contributed by atoms with Gasteiger partial charge in [-0.05, 0) is 35.9 Å². The van der Waals surface area contributed by atoms with Crippen LogP contribution in [-0.2, 0) is 4.79 Å². The van der Waals surface area contributed by atoms with E-state index in [1.807, 2.05) is 103 Å². The molecule has 0 unspecified atom stereocenters. The third-order valence-electron chi connectivity index (χ3n) is 5.38. The lowest BCUT2D eigenvalue weighted by Crippen LogP contribution is -2.23. The molecule has 6 heteroatoms. The van der Waals surface area contributed by atoms with E-state index < -0.39 is 0 Å². The molecule has 166 valence electrons. The minimum atomic E-state index is -0.171. The number of thioether (sulfide) groups is 1. The maximum atomic E-state index is 13.3. The van der Waals surface area contributed by atoms with Gasteiger partial charge in [-0.1, -0.05) is 90.6 Å². The highest BCUT2D eigenvalue weighted by atomic mass is 32.2. The molecule has 0 atom stereocenters. The number of hydrogen-bond acceptors (Lipinski definition) is 4. The van der Waals surface area contributed by atoms with Crippen LogP contribution in [0.5, 0.6) is 0 Å². The Bertz CT molecular complexity index is 1520. The average Bonchev–Trinajstić information content (AvgIpc) is 2.89. The topological polar surface area (TPSA) is 64.0 Å². The summed E-state index contributed by atoms with van der Waals surface area (Å²) in [5.41, 5.74) is 3.88. The number of nitrogens with one attached hydrogen (secondary N) is 1. The molecule has 5 nitrogen and oxygen atoms in total. The van der Waals surface area contributed by atoms with E-state index in [1.165, 1.54) is 11.8 Å². The van der Waals surface area contributed by atoms with E-state index in [4.69, 9.17) is 4.98 Å². The molecule has 0 saturated carbocycles. The first kappa shape index (κ1) is 21.7. The third-order valence-corrected chi connectivity index (χ3v) is 6.32. The van der Waals surface area contributed by atoms with Crippen LogP contribution in [0.4, 0.5) is 5.69 Å². The molecular formula is C28H21N3O2S. The Hall–Kier alpha value is -4.16. The number of anilines is 1. The van der Waals surface area contributed by atoms with Crippen molar-refractivity contribution in [1.82, 2.24) is 9.55 Å². The first-order valence-corrected chi connectivity index (χ1v) is 11.8. The van der Waals surface area contributed by atoms with Gasteiger partial charge in [-0.3, -0.25) is 14.2 Å². The second kappa shape index (κ2) is 9.77. The molecule has 1 heterocycles. The van der Waals surface area contributed by atoms with Crippen LogP contribution in [0.1, 0.15) is 0 Å². The Labute approximate surface area is 201 Å². The maximum Gasteiger partial charge on any atom is 0.266 e. The monoisotopic (exact) mass is 463 g/mol. The highest BCUT2D eigenvalue weighted by Crippen LogP contribution is 2.28. The molecule has 0 aliphatic heterocycles. The Morgan fingerprint density at radius 1 is 0.794 bits per heavy atom. The molecule has 4 aromatic carbocycles. The molecular weight excluding hydrogens is 442 g/mol. The van der Waals surface area contributed by atoms with Crippen molar-refractivity contribution in [2.45, 2.75) is 5.16 Å². The lowest BCUT2D eigenvalue weighted by Gasteiger charge is -2.14. The summed E-state index contributed by atoms with van der Waals surface area (Å²) < 4.78 is 1.57. The smallest absolute Gasteiger partial charge is 0.266 e. The van der Waals surface area contributed by atoms with E-state index in [2.05, 4.69) is 5.32 Å². The van der Waals surface area contributed by atoms with E-state index in [0.29, 0.717) is 21.7 Å². The van der Waals surface area contributed by atoms with Gasteiger partial charge in [-0.25, -0.2) is 4.98 Å². The van der Waals surface area contributed by atoms with Crippen molar-refractivity contribution < 1.29 is 4.79 Å². The van der Waals surface area contributed by atoms with Gasteiger partial charge >= 0.3 is 0 Å². The van der Waals surface area contributed by atoms with Crippen LogP contribution in [0.2, 0.25) is 0 Å². The van der Waals surface area contributed by atoms with Crippen LogP contribution in [0.3, 0.4) is 0 Å². The van der Waals surface area contributed by atoms with Crippen molar-refractivity contribution in [2.24, 2.45) is 0 Å². The molecule has 5 aromatic rings. The fourth-order valence-electron chi connectivity index (χ4n) is 3.79. The van der Waals surface area contributed by atoms with E-state index in [-0.39, 0.29) is 17.2 Å². The van der Waals surface area contributed by atoms with E-state index >= 15 is 0 Å². The van der Waals surface area contributed by atoms with Crippen LogP contribution in [-0.4, -0.2) is 21.2 Å². The number of carbonyl (C=O) groups is 1. The highest BCUT2D eigenvalue weighted by molar-refractivity contribution is 7.99. The zero-order valence-corrected chi connectivity index (χ0v) is 19.0. The molecule has 0 saturated heterocycles. The summed E-state index contributed by atoms with van der Waals surface area (Å²) in [7, 11) is 0. The minimum Gasteiger partial charge on any atom is -0.325 e. The Morgan fingerprint density at radius 3 is 2.24 bits per heavy atom. The summed E-state index contributed by atoms with van der Waals surface area (Å²) in [5, 5.41) is 4.03. The SMILES string of the molecule is O=C(CSc1nc2ccccc2c(=O)n1-c1ccccc1)Nc1ccccc1-c1ccccc1. The predicted molar refractivity (Wildman–Crippen MR) is 139 cm³/mol. The normalized spacial score (nSPS) is 10.8. The number of hydrogen-bond donors (Lipinski definition) is 1. The number of fused-ring (bicyclic) bond motifs is 1. The first-order chi connectivity index (χ1) is 16.7. The number of para-hydroxylation sites is 3. The molecule has 0 fully saturated rings. The first-order valence-electron chi connectivity index (χ1n) is 10.8. The summed E-state index contributed by atoms with van der Waals surface area (Å²) in [5.74, 6) is -0.0591. The van der Waals surface area contributed by atoms with Gasteiger partial charge < -0.3 is 5.32 Å². The van der Waals surface area contributed by atoms with Crippen LogP contribution >= 0.6 is 11.8 Å². The van der Waals surface area contributed by atoms with Gasteiger partial charge in [0.15, 0.2) is 5.16 Å². The Balaban J connectivity index is 1.43. The maximum absolute atomic E-state index is 13.3. The van der Waals surface area contributed by atoms with Gasteiger partial charge in [-0.2, -0.15) is 0 Å². The van der Waals surface area contributed by atoms with Gasteiger partial charge in [0.05, 0.1) is 22.3 Å². The molecule has 0 aliphatic carbocycles. The summed E-state index contributed by atoms with van der Waals surface area (Å²) >= 11 is 1.24. The molecule has 0 bridgehead atoms. The fraction of sp³-hybridized carbons (Fsp3) is 0.0357. The summed E-state index contributed by atoms with van der Waals surface area (Å²) in [6.45, 7) is 0. The van der Waals surface area contributed by atoms with Crippen molar-refractivity contribution in [3.8, 4) is 16.8 Å². The summed E-state index contributed by atoms with van der Waals surface area (Å²) in [6, 6.07) is 34.3. The van der Waals surface area contributed by atoms with Crippen molar-refractivity contribution in [3.05, 3.63) is 120 Å². The van der Waals surface area contributed by atoms with Crippen LogP contribution in [0, 0.1) is 0 Å². The summed E-state index contributed by atoms with van der Waals surface area (Å²) in [6.07, 6.45) is 0. The quantitative estimate of drug-likeness (QED) is 0.256. The Morgan fingerprint density at radius 2 is 1.44 bits per heavy atom. The van der Waals surface area contributed by atoms with Crippen molar-refractivity contribution in [3.63, 3.8) is 0 Å². The molecule has 1 aromatic heterocycles. The van der Waals surface area contributed by atoms with Gasteiger partial charge in [0.25, 0.3) is 5.56 Å². The highest BCUT2D eigenvalue weighted by Gasteiger charge is 2.15. The van der Waals surface area contributed by atoms with Crippen molar-refractivity contribution in [1.29, 1.82) is 0 Å². The van der Waals surface area contributed by atoms with Gasteiger partial charge in [-0.15, -0.1) is 0 Å². The molecule has 1 amide bonds. The molecule has 1 N–H and O–H groups in total. The Kier molecular flexibility index (Phi) is 6.23. The van der Waals surface area contributed by atoms with Crippen LogP contribution < -0.4 is 10.9 Å². The zero-order chi connectivity index (χ0) is 23.3.